The van der Waals surface area contributed by atoms with Crippen molar-refractivity contribution < 1.29 is 14.7 Å². The molecule has 3 unspecified atom stereocenters. The fourth-order valence-corrected chi connectivity index (χ4v) is 3.15. The van der Waals surface area contributed by atoms with E-state index in [-0.39, 0.29) is 30.5 Å². The van der Waals surface area contributed by atoms with Gasteiger partial charge in [-0.2, -0.15) is 0 Å². The molecule has 1 aliphatic heterocycles. The maximum Gasteiger partial charge on any atom is 0.303 e. The molecule has 0 spiro atoms. The summed E-state index contributed by atoms with van der Waals surface area (Å²) in [6.45, 7) is 6.97. The molecule has 5 heteroatoms. The summed E-state index contributed by atoms with van der Waals surface area (Å²) in [5.41, 5.74) is 0. The molecule has 122 valence electrons. The van der Waals surface area contributed by atoms with Crippen molar-refractivity contribution in [3.63, 3.8) is 0 Å². The van der Waals surface area contributed by atoms with Crippen LogP contribution in [0.4, 0.5) is 0 Å². The summed E-state index contributed by atoms with van der Waals surface area (Å²) in [7, 11) is 0. The van der Waals surface area contributed by atoms with Crippen LogP contribution in [-0.2, 0) is 9.59 Å². The molecule has 3 atom stereocenters. The Balaban J connectivity index is 2.56. The van der Waals surface area contributed by atoms with Crippen molar-refractivity contribution in [2.45, 2.75) is 83.8 Å². The van der Waals surface area contributed by atoms with Gasteiger partial charge in [-0.3, -0.25) is 14.5 Å². The van der Waals surface area contributed by atoms with Gasteiger partial charge in [0.2, 0.25) is 5.91 Å². The zero-order valence-electron chi connectivity index (χ0n) is 13.6. The van der Waals surface area contributed by atoms with Crippen molar-refractivity contribution in [3.05, 3.63) is 0 Å². The summed E-state index contributed by atoms with van der Waals surface area (Å²) in [5, 5.41) is 11.9. The van der Waals surface area contributed by atoms with Crippen molar-refractivity contribution in [3.8, 4) is 0 Å². The first-order chi connectivity index (χ1) is 9.95. The highest BCUT2D eigenvalue weighted by Gasteiger charge is 2.30. The predicted octanol–water partition coefficient (Wildman–Crippen LogP) is 2.40. The van der Waals surface area contributed by atoms with E-state index in [1.54, 1.807) is 0 Å². The van der Waals surface area contributed by atoms with Crippen LogP contribution < -0.4 is 5.32 Å². The molecular weight excluding hydrogens is 268 g/mol. The van der Waals surface area contributed by atoms with Crippen molar-refractivity contribution in [2.75, 3.05) is 6.54 Å². The number of rotatable bonds is 8. The molecule has 1 heterocycles. The van der Waals surface area contributed by atoms with Crippen LogP contribution in [-0.4, -0.2) is 46.6 Å². The molecule has 5 nitrogen and oxygen atoms in total. The third-order valence-electron chi connectivity index (χ3n) is 4.35. The van der Waals surface area contributed by atoms with Crippen LogP contribution in [0.2, 0.25) is 0 Å². The normalized spacial score (nSPS) is 22.5. The van der Waals surface area contributed by atoms with E-state index in [1.165, 1.54) is 0 Å². The summed E-state index contributed by atoms with van der Waals surface area (Å²) < 4.78 is 0. The van der Waals surface area contributed by atoms with Crippen LogP contribution in [0.3, 0.4) is 0 Å². The molecule has 1 aliphatic rings. The molecule has 1 fully saturated rings. The van der Waals surface area contributed by atoms with E-state index in [0.717, 1.165) is 38.6 Å². The lowest BCUT2D eigenvalue weighted by Gasteiger charge is -2.39. The van der Waals surface area contributed by atoms with Gasteiger partial charge >= 0.3 is 5.97 Å². The zero-order chi connectivity index (χ0) is 15.8. The minimum atomic E-state index is -0.755. The largest absolute Gasteiger partial charge is 0.481 e. The van der Waals surface area contributed by atoms with Crippen LogP contribution in [0.15, 0.2) is 0 Å². The van der Waals surface area contributed by atoms with E-state index in [1.807, 2.05) is 13.8 Å². The van der Waals surface area contributed by atoms with E-state index >= 15 is 0 Å². The SMILES string of the molecule is CCCC(C)NC(=O)C(C)N1CCCCC1CCC(=O)O. The molecule has 0 bridgehead atoms. The number of carboxylic acid groups (broad SMARTS) is 1. The summed E-state index contributed by atoms with van der Waals surface area (Å²) in [4.78, 5) is 25.3. The standard InChI is InChI=1S/C16H30N2O3/c1-4-7-12(2)17-16(21)13(3)18-11-6-5-8-14(18)9-10-15(19)20/h12-14H,4-11H2,1-3H3,(H,17,21)(H,19,20). The molecule has 1 rings (SSSR count). The van der Waals surface area contributed by atoms with E-state index in [0.29, 0.717) is 6.42 Å². The lowest BCUT2D eigenvalue weighted by Crippen LogP contribution is -2.53. The van der Waals surface area contributed by atoms with Gasteiger partial charge in [0.25, 0.3) is 0 Å². The number of hydrogen-bond acceptors (Lipinski definition) is 3. The molecule has 2 N–H and O–H groups in total. The Labute approximate surface area is 128 Å². The average molecular weight is 298 g/mol. The fourth-order valence-electron chi connectivity index (χ4n) is 3.15. The van der Waals surface area contributed by atoms with Crippen LogP contribution in [0.1, 0.15) is 65.7 Å². The van der Waals surface area contributed by atoms with Crippen molar-refractivity contribution in [2.24, 2.45) is 0 Å². The number of amides is 1. The Morgan fingerprint density at radius 1 is 1.33 bits per heavy atom. The highest BCUT2D eigenvalue weighted by atomic mass is 16.4. The smallest absolute Gasteiger partial charge is 0.303 e. The number of piperidine rings is 1. The molecule has 0 aromatic carbocycles. The highest BCUT2D eigenvalue weighted by Crippen LogP contribution is 2.23. The second kappa shape index (κ2) is 9.03. The first-order valence-corrected chi connectivity index (χ1v) is 8.23. The zero-order valence-corrected chi connectivity index (χ0v) is 13.6. The number of carbonyl (C=O) groups is 2. The Morgan fingerprint density at radius 3 is 2.67 bits per heavy atom. The van der Waals surface area contributed by atoms with Crippen LogP contribution >= 0.6 is 0 Å². The van der Waals surface area contributed by atoms with Gasteiger partial charge in [0.05, 0.1) is 6.04 Å². The molecule has 0 saturated carbocycles. The predicted molar refractivity (Wildman–Crippen MR) is 83.2 cm³/mol. The topological polar surface area (TPSA) is 69.6 Å². The van der Waals surface area contributed by atoms with Gasteiger partial charge in [-0.05, 0) is 46.1 Å². The molecule has 1 amide bonds. The maximum absolute atomic E-state index is 12.3. The second-order valence-electron chi connectivity index (χ2n) is 6.19. The van der Waals surface area contributed by atoms with Crippen molar-refractivity contribution >= 4 is 11.9 Å². The Hall–Kier alpha value is -1.10. The van der Waals surface area contributed by atoms with Gasteiger partial charge in [0, 0.05) is 18.5 Å². The Bertz CT molecular complexity index is 346. The molecule has 0 radical (unpaired) electrons. The third-order valence-corrected chi connectivity index (χ3v) is 4.35. The number of hydrogen-bond donors (Lipinski definition) is 2. The lowest BCUT2D eigenvalue weighted by molar-refractivity contribution is -0.137. The van der Waals surface area contributed by atoms with E-state index in [2.05, 4.69) is 17.1 Å². The number of carboxylic acids is 1. The van der Waals surface area contributed by atoms with Crippen LogP contribution in [0, 0.1) is 0 Å². The summed E-state index contributed by atoms with van der Waals surface area (Å²) >= 11 is 0. The average Bonchev–Trinajstić information content (AvgIpc) is 2.44. The van der Waals surface area contributed by atoms with E-state index in [4.69, 9.17) is 5.11 Å². The summed E-state index contributed by atoms with van der Waals surface area (Å²) in [6.07, 6.45) is 6.07. The first-order valence-electron chi connectivity index (χ1n) is 8.23. The Kier molecular flexibility index (Phi) is 7.72. The lowest BCUT2D eigenvalue weighted by atomic mass is 9.96. The molecule has 0 aromatic heterocycles. The van der Waals surface area contributed by atoms with Gasteiger partial charge in [-0.1, -0.05) is 19.8 Å². The van der Waals surface area contributed by atoms with E-state index in [9.17, 15) is 9.59 Å². The highest BCUT2D eigenvalue weighted by molar-refractivity contribution is 5.81. The van der Waals surface area contributed by atoms with Gasteiger partial charge in [-0.15, -0.1) is 0 Å². The Morgan fingerprint density at radius 2 is 2.05 bits per heavy atom. The van der Waals surface area contributed by atoms with Crippen molar-refractivity contribution in [1.29, 1.82) is 0 Å². The number of likely N-dealkylation sites (tertiary alicyclic amines) is 1. The number of carbonyl (C=O) groups excluding carboxylic acids is 1. The summed E-state index contributed by atoms with van der Waals surface area (Å²) in [6, 6.07) is 0.243. The quantitative estimate of drug-likeness (QED) is 0.722. The molecule has 0 aromatic rings. The number of aliphatic carboxylic acids is 1. The van der Waals surface area contributed by atoms with Gasteiger partial charge < -0.3 is 10.4 Å². The van der Waals surface area contributed by atoms with Gasteiger partial charge in [0.1, 0.15) is 0 Å². The monoisotopic (exact) mass is 298 g/mol. The first kappa shape index (κ1) is 18.0. The maximum atomic E-state index is 12.3. The van der Waals surface area contributed by atoms with Crippen molar-refractivity contribution in [1.82, 2.24) is 10.2 Å². The van der Waals surface area contributed by atoms with Gasteiger partial charge in [-0.25, -0.2) is 0 Å². The molecule has 1 saturated heterocycles. The minimum Gasteiger partial charge on any atom is -0.481 e. The number of nitrogens with zero attached hydrogens (tertiary/aromatic N) is 1. The minimum absolute atomic E-state index is 0.0678. The number of nitrogens with one attached hydrogen (secondary N) is 1. The van der Waals surface area contributed by atoms with Crippen LogP contribution in [0.5, 0.6) is 0 Å². The fraction of sp³-hybridized carbons (Fsp3) is 0.875. The van der Waals surface area contributed by atoms with Gasteiger partial charge in [0.15, 0.2) is 0 Å². The molecular formula is C16H30N2O3. The molecule has 0 aliphatic carbocycles. The van der Waals surface area contributed by atoms with Crippen LogP contribution in [0.25, 0.3) is 0 Å². The van der Waals surface area contributed by atoms with E-state index < -0.39 is 5.97 Å². The second-order valence-corrected chi connectivity index (χ2v) is 6.19. The summed E-state index contributed by atoms with van der Waals surface area (Å²) in [5.74, 6) is -0.688. The third kappa shape index (κ3) is 6.04. The molecule has 21 heavy (non-hydrogen) atoms.